The number of H-pyrrole nitrogens is 1. The van der Waals surface area contributed by atoms with Crippen LogP contribution in [0, 0.1) is 5.82 Å². The molecule has 164 valence electrons. The molecule has 0 aliphatic carbocycles. The Bertz CT molecular complexity index is 1000. The van der Waals surface area contributed by atoms with Gasteiger partial charge in [0.2, 0.25) is 0 Å². The number of anilines is 1. The van der Waals surface area contributed by atoms with E-state index in [1.54, 1.807) is 0 Å². The van der Waals surface area contributed by atoms with Crippen molar-refractivity contribution in [3.8, 4) is 0 Å². The monoisotopic (exact) mass is 421 g/mol. The zero-order valence-corrected chi connectivity index (χ0v) is 18.3. The number of aromatic amines is 1. The maximum atomic E-state index is 13.1. The predicted molar refractivity (Wildman–Crippen MR) is 125 cm³/mol. The molecule has 3 aromatic rings. The van der Waals surface area contributed by atoms with Crippen molar-refractivity contribution >= 4 is 22.5 Å². The maximum Gasteiger partial charge on any atom is 0.255 e. The van der Waals surface area contributed by atoms with Crippen molar-refractivity contribution in [1.82, 2.24) is 9.88 Å². The molecule has 2 N–H and O–H groups in total. The molecule has 2 aromatic carbocycles. The van der Waals surface area contributed by atoms with Gasteiger partial charge in [0.25, 0.3) is 5.91 Å². The number of hydrogen-bond acceptors (Lipinski definition) is 2. The standard InChI is InChI=1S/C26H32FN3O/c1-2-3-4-5-14-30-15-12-19(13-16-30)24-18-28-25-11-10-22(17-23(24)25)29-26(31)20-6-8-21(27)9-7-20/h6-11,17-19,28H,2-5,12-16H2,1H3,(H,29,31). The van der Waals surface area contributed by atoms with E-state index in [0.717, 1.165) is 24.3 Å². The van der Waals surface area contributed by atoms with Crippen LogP contribution in [-0.4, -0.2) is 35.4 Å². The van der Waals surface area contributed by atoms with Gasteiger partial charge in [-0.05, 0) is 92.8 Å². The molecule has 0 saturated carbocycles. The lowest BCUT2D eigenvalue weighted by Crippen LogP contribution is -2.33. The Labute approximate surface area is 183 Å². The molecule has 0 radical (unpaired) electrons. The topological polar surface area (TPSA) is 48.1 Å². The van der Waals surface area contributed by atoms with Crippen LogP contribution in [0.3, 0.4) is 0 Å². The molecular formula is C26H32FN3O. The summed E-state index contributed by atoms with van der Waals surface area (Å²) < 4.78 is 13.1. The van der Waals surface area contributed by atoms with E-state index in [-0.39, 0.29) is 11.7 Å². The molecule has 1 aliphatic heterocycles. The van der Waals surface area contributed by atoms with Gasteiger partial charge in [-0.25, -0.2) is 4.39 Å². The number of unbranched alkanes of at least 4 members (excludes halogenated alkanes) is 3. The van der Waals surface area contributed by atoms with E-state index < -0.39 is 0 Å². The summed E-state index contributed by atoms with van der Waals surface area (Å²) in [6, 6.07) is 11.6. The van der Waals surface area contributed by atoms with Crippen molar-refractivity contribution in [2.75, 3.05) is 25.0 Å². The number of amides is 1. The van der Waals surface area contributed by atoms with Crippen molar-refractivity contribution in [3.05, 3.63) is 65.6 Å². The minimum atomic E-state index is -0.345. The van der Waals surface area contributed by atoms with Crippen LogP contribution < -0.4 is 5.32 Å². The van der Waals surface area contributed by atoms with Crippen LogP contribution in [0.25, 0.3) is 10.9 Å². The van der Waals surface area contributed by atoms with Gasteiger partial charge in [0.05, 0.1) is 0 Å². The van der Waals surface area contributed by atoms with Gasteiger partial charge in [-0.2, -0.15) is 0 Å². The van der Waals surface area contributed by atoms with E-state index in [9.17, 15) is 9.18 Å². The summed E-state index contributed by atoms with van der Waals surface area (Å²) >= 11 is 0. The van der Waals surface area contributed by atoms with Gasteiger partial charge >= 0.3 is 0 Å². The smallest absolute Gasteiger partial charge is 0.255 e. The number of carbonyl (C=O) groups is 1. The van der Waals surface area contributed by atoms with Crippen molar-refractivity contribution < 1.29 is 9.18 Å². The molecule has 4 rings (SSSR count). The normalized spacial score (nSPS) is 15.4. The van der Waals surface area contributed by atoms with E-state index in [2.05, 4.69) is 34.4 Å². The van der Waals surface area contributed by atoms with Crippen LogP contribution in [0.15, 0.2) is 48.7 Å². The van der Waals surface area contributed by atoms with Crippen LogP contribution in [0.2, 0.25) is 0 Å². The zero-order chi connectivity index (χ0) is 21.6. The Hall–Kier alpha value is -2.66. The molecule has 0 atom stereocenters. The maximum absolute atomic E-state index is 13.1. The first-order valence-electron chi connectivity index (χ1n) is 11.5. The number of aromatic nitrogens is 1. The van der Waals surface area contributed by atoms with E-state index in [1.807, 2.05) is 12.1 Å². The Morgan fingerprint density at radius 1 is 1.10 bits per heavy atom. The van der Waals surface area contributed by atoms with E-state index >= 15 is 0 Å². The Kier molecular flexibility index (Phi) is 7.03. The minimum absolute atomic E-state index is 0.229. The second-order valence-corrected chi connectivity index (χ2v) is 8.64. The number of fused-ring (bicyclic) bond motifs is 1. The van der Waals surface area contributed by atoms with Crippen molar-refractivity contribution in [2.24, 2.45) is 0 Å². The summed E-state index contributed by atoms with van der Waals surface area (Å²) in [4.78, 5) is 18.5. The second kappa shape index (κ2) is 10.1. The van der Waals surface area contributed by atoms with Crippen molar-refractivity contribution in [2.45, 2.75) is 51.4 Å². The van der Waals surface area contributed by atoms with Gasteiger partial charge < -0.3 is 15.2 Å². The van der Waals surface area contributed by atoms with Gasteiger partial charge in [-0.3, -0.25) is 4.79 Å². The van der Waals surface area contributed by atoms with Gasteiger partial charge in [0, 0.05) is 28.4 Å². The molecular weight excluding hydrogens is 389 g/mol. The third-order valence-corrected chi connectivity index (χ3v) is 6.43. The first kappa shape index (κ1) is 21.6. The Balaban J connectivity index is 1.40. The Morgan fingerprint density at radius 3 is 2.61 bits per heavy atom. The molecule has 1 aromatic heterocycles. The molecule has 1 fully saturated rings. The van der Waals surface area contributed by atoms with Crippen LogP contribution in [0.4, 0.5) is 10.1 Å². The fraction of sp³-hybridized carbons (Fsp3) is 0.423. The average Bonchev–Trinajstić information content (AvgIpc) is 3.21. The lowest BCUT2D eigenvalue weighted by molar-refractivity contribution is 0.102. The van der Waals surface area contributed by atoms with Crippen LogP contribution in [0.5, 0.6) is 0 Å². The minimum Gasteiger partial charge on any atom is -0.361 e. The highest BCUT2D eigenvalue weighted by molar-refractivity contribution is 6.05. The highest BCUT2D eigenvalue weighted by Gasteiger charge is 2.22. The predicted octanol–water partition coefficient (Wildman–Crippen LogP) is 6.32. The molecule has 0 unspecified atom stereocenters. The average molecular weight is 422 g/mol. The largest absolute Gasteiger partial charge is 0.361 e. The van der Waals surface area contributed by atoms with Crippen molar-refractivity contribution in [1.29, 1.82) is 0 Å². The molecule has 4 nitrogen and oxygen atoms in total. The third-order valence-electron chi connectivity index (χ3n) is 6.43. The summed E-state index contributed by atoms with van der Waals surface area (Å²) in [6.45, 7) is 5.79. The lowest BCUT2D eigenvalue weighted by atomic mass is 9.89. The number of nitrogens with one attached hydrogen (secondary N) is 2. The molecule has 0 bridgehead atoms. The number of piperidine rings is 1. The summed E-state index contributed by atoms with van der Waals surface area (Å²) in [5.74, 6) is -0.0292. The first-order valence-corrected chi connectivity index (χ1v) is 11.5. The van der Waals surface area contributed by atoms with Gasteiger partial charge in [0.1, 0.15) is 5.82 Å². The number of likely N-dealkylation sites (tertiary alicyclic amines) is 1. The lowest BCUT2D eigenvalue weighted by Gasteiger charge is -2.32. The number of halogens is 1. The van der Waals surface area contributed by atoms with Crippen molar-refractivity contribution in [3.63, 3.8) is 0 Å². The summed E-state index contributed by atoms with van der Waals surface area (Å²) in [6.07, 6.45) is 9.76. The first-order chi connectivity index (χ1) is 15.1. The quantitative estimate of drug-likeness (QED) is 0.418. The van der Waals surface area contributed by atoms with Crippen LogP contribution in [-0.2, 0) is 0 Å². The molecule has 2 heterocycles. The Morgan fingerprint density at radius 2 is 1.87 bits per heavy atom. The summed E-state index contributed by atoms with van der Waals surface area (Å²) in [5, 5.41) is 4.13. The zero-order valence-electron chi connectivity index (χ0n) is 18.3. The third kappa shape index (κ3) is 5.34. The summed E-state index contributed by atoms with van der Waals surface area (Å²) in [7, 11) is 0. The highest BCUT2D eigenvalue weighted by Crippen LogP contribution is 2.34. The number of rotatable bonds is 8. The van der Waals surface area contributed by atoms with E-state index in [4.69, 9.17) is 0 Å². The van der Waals surface area contributed by atoms with Gasteiger partial charge in [-0.1, -0.05) is 26.2 Å². The molecule has 5 heteroatoms. The van der Waals surface area contributed by atoms with E-state index in [1.165, 1.54) is 80.3 Å². The van der Waals surface area contributed by atoms with Crippen LogP contribution in [0.1, 0.15) is 67.3 Å². The fourth-order valence-electron chi connectivity index (χ4n) is 4.59. The number of nitrogens with zero attached hydrogens (tertiary/aromatic N) is 1. The van der Waals surface area contributed by atoms with Crippen LogP contribution >= 0.6 is 0 Å². The van der Waals surface area contributed by atoms with Gasteiger partial charge in [0.15, 0.2) is 0 Å². The SMILES string of the molecule is CCCCCCN1CCC(c2c[nH]c3ccc(NC(=O)c4ccc(F)cc4)cc23)CC1. The number of carbonyl (C=O) groups excluding carboxylic acids is 1. The number of hydrogen-bond donors (Lipinski definition) is 2. The highest BCUT2D eigenvalue weighted by atomic mass is 19.1. The van der Waals surface area contributed by atoms with Gasteiger partial charge in [-0.15, -0.1) is 0 Å². The molecule has 0 spiro atoms. The number of benzene rings is 2. The van der Waals surface area contributed by atoms with E-state index in [0.29, 0.717) is 11.5 Å². The molecule has 1 amide bonds. The summed E-state index contributed by atoms with van der Waals surface area (Å²) in [5.41, 5.74) is 3.65. The molecule has 31 heavy (non-hydrogen) atoms. The fourth-order valence-corrected chi connectivity index (χ4v) is 4.59. The second-order valence-electron chi connectivity index (χ2n) is 8.64. The molecule has 1 aliphatic rings. The molecule has 1 saturated heterocycles.